The molecule has 1 fully saturated rings. The molecule has 1 aromatic carbocycles. The van der Waals surface area contributed by atoms with E-state index in [2.05, 4.69) is 20.5 Å². The first-order valence-electron chi connectivity index (χ1n) is 10.3. The summed E-state index contributed by atoms with van der Waals surface area (Å²) in [7, 11) is 0. The Bertz CT molecular complexity index is 779. The number of halogens is 3. The number of pyridine rings is 1. The summed E-state index contributed by atoms with van der Waals surface area (Å²) < 4.78 is 14.6. The lowest BCUT2D eigenvalue weighted by atomic mass is 10.0. The SMILES string of the molecule is CCNC(=NCC(c1c(F)cccc1Cl)N1CCCC1)NCCc1ccccn1.I. The molecule has 0 bridgehead atoms. The summed E-state index contributed by atoms with van der Waals surface area (Å²) in [6.45, 7) is 5.83. The first-order chi connectivity index (χ1) is 14.2. The second-order valence-corrected chi connectivity index (χ2v) is 7.52. The lowest BCUT2D eigenvalue weighted by molar-refractivity contribution is 0.246. The van der Waals surface area contributed by atoms with Crippen LogP contribution in [0.1, 0.15) is 37.1 Å². The molecule has 1 unspecified atom stereocenters. The molecule has 0 aliphatic carbocycles. The zero-order chi connectivity index (χ0) is 20.5. The van der Waals surface area contributed by atoms with Gasteiger partial charge < -0.3 is 10.6 Å². The first kappa shape index (κ1) is 24.8. The van der Waals surface area contributed by atoms with Crippen molar-refractivity contribution in [1.29, 1.82) is 0 Å². The Kier molecular flexibility index (Phi) is 10.8. The molecule has 1 aliphatic heterocycles. The van der Waals surface area contributed by atoms with Crippen LogP contribution < -0.4 is 10.6 Å². The Hall–Kier alpha value is -1.45. The van der Waals surface area contributed by atoms with Crippen molar-refractivity contribution in [1.82, 2.24) is 20.5 Å². The van der Waals surface area contributed by atoms with Gasteiger partial charge in [-0.1, -0.05) is 23.7 Å². The number of guanidine groups is 1. The number of aromatic nitrogens is 1. The van der Waals surface area contributed by atoms with Crippen LogP contribution in [0.25, 0.3) is 0 Å². The van der Waals surface area contributed by atoms with Gasteiger partial charge in [-0.05, 0) is 57.1 Å². The van der Waals surface area contributed by atoms with Crippen molar-refractivity contribution in [3.05, 3.63) is 64.7 Å². The molecule has 2 N–H and O–H groups in total. The van der Waals surface area contributed by atoms with E-state index in [1.165, 1.54) is 6.07 Å². The number of hydrogen-bond donors (Lipinski definition) is 2. The van der Waals surface area contributed by atoms with E-state index in [4.69, 9.17) is 16.6 Å². The predicted molar refractivity (Wildman–Crippen MR) is 132 cm³/mol. The Morgan fingerprint density at radius 1 is 1.20 bits per heavy atom. The van der Waals surface area contributed by atoms with Crippen LogP contribution in [0.4, 0.5) is 4.39 Å². The second kappa shape index (κ2) is 13.1. The minimum absolute atomic E-state index is 0. The number of nitrogens with zero attached hydrogens (tertiary/aromatic N) is 3. The third-order valence-corrected chi connectivity index (χ3v) is 5.41. The van der Waals surface area contributed by atoms with Crippen LogP contribution in [0.15, 0.2) is 47.6 Å². The number of likely N-dealkylation sites (tertiary alicyclic amines) is 1. The Labute approximate surface area is 200 Å². The molecule has 0 amide bonds. The largest absolute Gasteiger partial charge is 0.357 e. The average Bonchev–Trinajstić information content (AvgIpc) is 3.25. The fourth-order valence-electron chi connectivity index (χ4n) is 3.65. The summed E-state index contributed by atoms with van der Waals surface area (Å²) in [6, 6.07) is 10.6. The summed E-state index contributed by atoms with van der Waals surface area (Å²) in [6.07, 6.45) is 4.84. The third kappa shape index (κ3) is 7.06. The van der Waals surface area contributed by atoms with E-state index >= 15 is 0 Å². The van der Waals surface area contributed by atoms with Crippen LogP contribution in [0.3, 0.4) is 0 Å². The van der Waals surface area contributed by atoms with Crippen LogP contribution in [0.5, 0.6) is 0 Å². The van der Waals surface area contributed by atoms with Crippen LogP contribution in [0, 0.1) is 5.82 Å². The molecular formula is C22H30ClFIN5. The van der Waals surface area contributed by atoms with Gasteiger partial charge in [-0.2, -0.15) is 0 Å². The molecule has 5 nitrogen and oxygen atoms in total. The van der Waals surface area contributed by atoms with Gasteiger partial charge in [0.2, 0.25) is 0 Å². The minimum atomic E-state index is -0.266. The molecule has 2 heterocycles. The maximum Gasteiger partial charge on any atom is 0.191 e. The van der Waals surface area contributed by atoms with Gasteiger partial charge in [-0.15, -0.1) is 24.0 Å². The molecular weight excluding hydrogens is 516 g/mol. The third-order valence-electron chi connectivity index (χ3n) is 5.08. The van der Waals surface area contributed by atoms with Gasteiger partial charge in [0.05, 0.1) is 12.6 Å². The summed E-state index contributed by atoms with van der Waals surface area (Å²) in [5.74, 6) is 0.456. The highest BCUT2D eigenvalue weighted by molar-refractivity contribution is 14.0. The molecule has 2 aromatic rings. The quantitative estimate of drug-likeness (QED) is 0.293. The molecule has 0 saturated carbocycles. The van der Waals surface area contributed by atoms with Crippen molar-refractivity contribution in [2.24, 2.45) is 4.99 Å². The van der Waals surface area contributed by atoms with E-state index in [9.17, 15) is 4.39 Å². The van der Waals surface area contributed by atoms with Crippen molar-refractivity contribution < 1.29 is 4.39 Å². The van der Waals surface area contributed by atoms with Crippen molar-refractivity contribution in [2.75, 3.05) is 32.7 Å². The molecule has 0 spiro atoms. The molecule has 3 rings (SSSR count). The predicted octanol–water partition coefficient (Wildman–Crippen LogP) is 4.43. The van der Waals surface area contributed by atoms with Crippen LogP contribution >= 0.6 is 35.6 Å². The number of hydrogen-bond acceptors (Lipinski definition) is 3. The highest BCUT2D eigenvalue weighted by Crippen LogP contribution is 2.32. The van der Waals surface area contributed by atoms with Gasteiger partial charge in [-0.25, -0.2) is 4.39 Å². The van der Waals surface area contributed by atoms with E-state index in [0.717, 1.165) is 57.1 Å². The number of benzene rings is 1. The topological polar surface area (TPSA) is 52.6 Å². The normalized spacial score (nSPS) is 15.5. The molecule has 0 radical (unpaired) electrons. The zero-order valence-electron chi connectivity index (χ0n) is 17.3. The fourth-order valence-corrected chi connectivity index (χ4v) is 3.94. The Morgan fingerprint density at radius 2 is 2.00 bits per heavy atom. The van der Waals surface area contributed by atoms with Crippen LogP contribution in [0.2, 0.25) is 5.02 Å². The Balaban J connectivity index is 0.00000320. The van der Waals surface area contributed by atoms with Gasteiger partial charge in [-0.3, -0.25) is 14.9 Å². The van der Waals surface area contributed by atoms with Gasteiger partial charge in [0.25, 0.3) is 0 Å². The Morgan fingerprint density at radius 3 is 2.67 bits per heavy atom. The average molecular weight is 546 g/mol. The van der Waals surface area contributed by atoms with E-state index in [1.807, 2.05) is 25.1 Å². The molecule has 1 aromatic heterocycles. The maximum atomic E-state index is 14.6. The van der Waals surface area contributed by atoms with Gasteiger partial charge >= 0.3 is 0 Å². The highest BCUT2D eigenvalue weighted by Gasteiger charge is 2.27. The lowest BCUT2D eigenvalue weighted by Gasteiger charge is -2.28. The molecule has 8 heteroatoms. The monoisotopic (exact) mass is 545 g/mol. The van der Waals surface area contributed by atoms with Crippen LogP contribution in [-0.4, -0.2) is 48.6 Å². The van der Waals surface area contributed by atoms with Crippen molar-refractivity contribution in [3.8, 4) is 0 Å². The minimum Gasteiger partial charge on any atom is -0.357 e. The second-order valence-electron chi connectivity index (χ2n) is 7.11. The maximum absolute atomic E-state index is 14.6. The van der Waals surface area contributed by atoms with Gasteiger partial charge in [0.15, 0.2) is 5.96 Å². The summed E-state index contributed by atoms with van der Waals surface area (Å²) >= 11 is 6.38. The highest BCUT2D eigenvalue weighted by atomic mass is 127. The molecule has 1 aliphatic rings. The fraction of sp³-hybridized carbons (Fsp3) is 0.455. The van der Waals surface area contributed by atoms with E-state index in [0.29, 0.717) is 17.1 Å². The standard InChI is InChI=1S/C22H29ClFN5.HI/c1-2-25-22(27-13-11-17-8-3-4-12-26-17)28-16-20(29-14-5-6-15-29)21-18(23)9-7-10-19(21)24;/h3-4,7-10,12,20H,2,5-6,11,13-16H2,1H3,(H2,25,27,28);1H. The van der Waals surface area contributed by atoms with E-state index < -0.39 is 0 Å². The summed E-state index contributed by atoms with van der Waals surface area (Å²) in [4.78, 5) is 11.4. The number of aliphatic imine (C=N–C) groups is 1. The molecule has 30 heavy (non-hydrogen) atoms. The van der Waals surface area contributed by atoms with Crippen LogP contribution in [-0.2, 0) is 6.42 Å². The number of nitrogens with one attached hydrogen (secondary N) is 2. The van der Waals surface area contributed by atoms with Crippen molar-refractivity contribution in [2.45, 2.75) is 32.2 Å². The van der Waals surface area contributed by atoms with Crippen molar-refractivity contribution in [3.63, 3.8) is 0 Å². The summed E-state index contributed by atoms with van der Waals surface area (Å²) in [5, 5.41) is 7.08. The van der Waals surface area contributed by atoms with Crippen molar-refractivity contribution >= 4 is 41.5 Å². The molecule has 164 valence electrons. The first-order valence-corrected chi connectivity index (χ1v) is 10.7. The number of rotatable bonds is 8. The summed E-state index contributed by atoms with van der Waals surface area (Å²) in [5.41, 5.74) is 1.58. The smallest absolute Gasteiger partial charge is 0.191 e. The van der Waals surface area contributed by atoms with Gasteiger partial charge in [0.1, 0.15) is 5.82 Å². The molecule has 1 saturated heterocycles. The van der Waals surface area contributed by atoms with Gasteiger partial charge in [0, 0.05) is 42.0 Å². The van der Waals surface area contributed by atoms with E-state index in [-0.39, 0.29) is 35.8 Å². The van der Waals surface area contributed by atoms with E-state index in [1.54, 1.807) is 18.3 Å². The zero-order valence-corrected chi connectivity index (χ0v) is 20.4. The molecule has 1 atom stereocenters. The lowest BCUT2D eigenvalue weighted by Crippen LogP contribution is -2.39.